The molecule has 0 aliphatic rings. The molecule has 1 rings (SSSR count). The van der Waals surface area contributed by atoms with Gasteiger partial charge in [-0.15, -0.1) is 0 Å². The second-order valence-corrected chi connectivity index (χ2v) is 5.93. The Hall–Kier alpha value is -1.90. The molecule has 0 radical (unpaired) electrons. The summed E-state index contributed by atoms with van der Waals surface area (Å²) >= 11 is 0.973. The normalized spacial score (nSPS) is 13.0. The number of hydrazone groups is 1. The Morgan fingerprint density at radius 3 is 2.64 bits per heavy atom. The largest absolute Gasteiger partial charge is 0.346 e. The highest BCUT2D eigenvalue weighted by Gasteiger charge is 2.11. The maximum absolute atomic E-state index is 11.9. The lowest BCUT2D eigenvalue weighted by atomic mass is 10.1. The van der Waals surface area contributed by atoms with Crippen LogP contribution in [0.4, 0.5) is 0 Å². The number of carbonyl (C=O) groups is 1. The summed E-state index contributed by atoms with van der Waals surface area (Å²) < 4.78 is 2.02. The van der Waals surface area contributed by atoms with Crippen LogP contribution >= 0.6 is 11.8 Å². The summed E-state index contributed by atoms with van der Waals surface area (Å²) in [5, 5.41) is 7.98. The molecule has 0 fully saturated rings. The monoisotopic (exact) mass is 327 g/mol. The van der Waals surface area contributed by atoms with E-state index in [9.17, 15) is 14.4 Å². The van der Waals surface area contributed by atoms with Crippen molar-refractivity contribution in [1.29, 1.82) is 0 Å². The second-order valence-electron chi connectivity index (χ2n) is 4.96. The van der Waals surface area contributed by atoms with Gasteiger partial charge in [0.05, 0.1) is 5.75 Å². The van der Waals surface area contributed by atoms with Gasteiger partial charge in [-0.2, -0.15) is 10.2 Å². The van der Waals surface area contributed by atoms with E-state index in [4.69, 9.17) is 0 Å². The molecule has 1 N–H and O–H groups in total. The molecular formula is C13H21N5O3S. The summed E-state index contributed by atoms with van der Waals surface area (Å²) in [4.78, 5) is 35.1. The van der Waals surface area contributed by atoms with Crippen LogP contribution in [0.15, 0.2) is 19.7 Å². The highest BCUT2D eigenvalue weighted by molar-refractivity contribution is 7.99. The van der Waals surface area contributed by atoms with Gasteiger partial charge in [0, 0.05) is 19.8 Å². The minimum absolute atomic E-state index is 0.00225. The zero-order valence-corrected chi connectivity index (χ0v) is 14.2. The van der Waals surface area contributed by atoms with Gasteiger partial charge in [-0.1, -0.05) is 25.6 Å². The van der Waals surface area contributed by atoms with E-state index in [0.29, 0.717) is 5.92 Å². The van der Waals surface area contributed by atoms with Gasteiger partial charge < -0.3 is 0 Å². The molecular weight excluding hydrogens is 306 g/mol. The summed E-state index contributed by atoms with van der Waals surface area (Å²) in [6.07, 6.45) is 0.942. The molecule has 0 saturated heterocycles. The summed E-state index contributed by atoms with van der Waals surface area (Å²) in [5.74, 6) is -0.0338. The molecule has 0 spiro atoms. The Labute approximate surface area is 132 Å². The third kappa shape index (κ3) is 4.55. The lowest BCUT2D eigenvalue weighted by molar-refractivity contribution is -0.118. The first-order chi connectivity index (χ1) is 10.3. The maximum atomic E-state index is 11.9. The fourth-order valence-electron chi connectivity index (χ4n) is 1.48. The first-order valence-electron chi connectivity index (χ1n) is 6.88. The highest BCUT2D eigenvalue weighted by Crippen LogP contribution is 2.08. The molecule has 122 valence electrons. The van der Waals surface area contributed by atoms with E-state index in [1.54, 1.807) is 0 Å². The smallest absolute Gasteiger partial charge is 0.272 e. The van der Waals surface area contributed by atoms with E-state index in [-0.39, 0.29) is 16.7 Å². The van der Waals surface area contributed by atoms with Crippen molar-refractivity contribution >= 4 is 23.4 Å². The number of amides is 1. The lowest BCUT2D eigenvalue weighted by Gasteiger charge is -2.08. The molecule has 1 heterocycles. The van der Waals surface area contributed by atoms with Crippen molar-refractivity contribution in [3.8, 4) is 0 Å². The van der Waals surface area contributed by atoms with Crippen molar-refractivity contribution in [1.82, 2.24) is 19.8 Å². The third-order valence-corrected chi connectivity index (χ3v) is 4.25. The minimum Gasteiger partial charge on any atom is -0.272 e. The van der Waals surface area contributed by atoms with E-state index in [2.05, 4.69) is 15.6 Å². The first kappa shape index (κ1) is 18.1. The van der Waals surface area contributed by atoms with Crippen LogP contribution in [0.1, 0.15) is 27.2 Å². The number of aryl methyl sites for hydroxylation is 1. The summed E-state index contributed by atoms with van der Waals surface area (Å²) in [6.45, 7) is 5.92. The molecule has 0 bridgehead atoms. The van der Waals surface area contributed by atoms with Crippen molar-refractivity contribution in [3.05, 3.63) is 20.8 Å². The summed E-state index contributed by atoms with van der Waals surface area (Å²) in [6, 6.07) is 0. The average molecular weight is 327 g/mol. The number of thioether (sulfide) groups is 1. The van der Waals surface area contributed by atoms with Gasteiger partial charge in [-0.25, -0.2) is 14.9 Å². The summed E-state index contributed by atoms with van der Waals surface area (Å²) in [5.41, 5.74) is 2.27. The van der Waals surface area contributed by atoms with E-state index in [0.717, 1.165) is 33.1 Å². The molecule has 22 heavy (non-hydrogen) atoms. The zero-order valence-electron chi connectivity index (χ0n) is 13.4. The maximum Gasteiger partial charge on any atom is 0.346 e. The third-order valence-electron chi connectivity index (χ3n) is 3.31. The predicted molar refractivity (Wildman–Crippen MR) is 86.1 cm³/mol. The van der Waals surface area contributed by atoms with Crippen LogP contribution in [0.25, 0.3) is 0 Å². The number of nitrogens with one attached hydrogen (secondary N) is 1. The van der Waals surface area contributed by atoms with Crippen LogP contribution in [0.5, 0.6) is 0 Å². The van der Waals surface area contributed by atoms with Gasteiger partial charge in [0.2, 0.25) is 5.91 Å². The van der Waals surface area contributed by atoms with E-state index >= 15 is 0 Å². The second kappa shape index (κ2) is 7.92. The number of aromatic nitrogens is 3. The van der Waals surface area contributed by atoms with Crippen molar-refractivity contribution in [2.24, 2.45) is 25.1 Å². The first-order valence-corrected chi connectivity index (χ1v) is 7.86. The van der Waals surface area contributed by atoms with Crippen LogP contribution in [0, 0.1) is 5.92 Å². The van der Waals surface area contributed by atoms with E-state index < -0.39 is 11.2 Å². The van der Waals surface area contributed by atoms with Gasteiger partial charge in [0.1, 0.15) is 0 Å². The van der Waals surface area contributed by atoms with Gasteiger partial charge in [0.25, 0.3) is 5.56 Å². The molecule has 0 aliphatic carbocycles. The van der Waals surface area contributed by atoms with Crippen LogP contribution in [-0.4, -0.2) is 31.7 Å². The Balaban J connectivity index is 2.70. The Kier molecular flexibility index (Phi) is 6.54. The van der Waals surface area contributed by atoms with Gasteiger partial charge in [0.15, 0.2) is 5.03 Å². The van der Waals surface area contributed by atoms with Crippen molar-refractivity contribution in [2.45, 2.75) is 32.2 Å². The SMILES string of the molecule is CC[C@H](C)/C(C)=N\NC(=O)CSc1nn(C)c(=O)n(C)c1=O. The van der Waals surface area contributed by atoms with Crippen molar-refractivity contribution in [2.75, 3.05) is 5.75 Å². The number of carbonyl (C=O) groups excluding carboxylic acids is 1. The van der Waals surface area contributed by atoms with Gasteiger partial charge in [-0.3, -0.25) is 14.2 Å². The molecule has 1 aromatic heterocycles. The van der Waals surface area contributed by atoms with Crippen LogP contribution < -0.4 is 16.7 Å². The fourth-order valence-corrected chi connectivity index (χ4v) is 2.26. The quantitative estimate of drug-likeness (QED) is 0.454. The fraction of sp³-hybridized carbons (Fsp3) is 0.615. The molecule has 1 aromatic rings. The molecule has 1 amide bonds. The van der Waals surface area contributed by atoms with Crippen molar-refractivity contribution in [3.63, 3.8) is 0 Å². The molecule has 0 aromatic carbocycles. The average Bonchev–Trinajstić information content (AvgIpc) is 2.51. The van der Waals surface area contributed by atoms with E-state index in [1.807, 2.05) is 20.8 Å². The number of hydrogen-bond donors (Lipinski definition) is 1. The molecule has 9 heteroatoms. The topological polar surface area (TPSA) is 98.3 Å². The molecule has 1 atom stereocenters. The van der Waals surface area contributed by atoms with E-state index in [1.165, 1.54) is 14.1 Å². The predicted octanol–water partition coefficient (Wildman–Crippen LogP) is 0.109. The van der Waals surface area contributed by atoms with Crippen molar-refractivity contribution < 1.29 is 4.79 Å². The molecule has 0 aliphatic heterocycles. The van der Waals surface area contributed by atoms with Crippen LogP contribution in [0.2, 0.25) is 0 Å². The minimum atomic E-state index is -0.514. The zero-order chi connectivity index (χ0) is 16.9. The van der Waals surface area contributed by atoms with Gasteiger partial charge >= 0.3 is 5.69 Å². The Morgan fingerprint density at radius 2 is 2.05 bits per heavy atom. The van der Waals surface area contributed by atoms with Gasteiger partial charge in [-0.05, 0) is 19.3 Å². The Bertz CT molecular complexity index is 692. The standard InChI is InChI=1S/C13H21N5O3S/c1-6-8(2)9(3)14-15-10(19)7-22-11-12(20)17(4)13(21)18(5)16-11/h8H,6-7H2,1-5H3,(H,15,19)/b14-9-/t8-/m0/s1. The molecule has 8 nitrogen and oxygen atoms in total. The van der Waals surface area contributed by atoms with Crippen LogP contribution in [0.3, 0.4) is 0 Å². The number of hydrogen-bond acceptors (Lipinski definition) is 6. The Morgan fingerprint density at radius 1 is 1.41 bits per heavy atom. The number of nitrogens with zero attached hydrogens (tertiary/aromatic N) is 4. The molecule has 0 unspecified atom stereocenters. The number of rotatable bonds is 6. The summed E-state index contributed by atoms with van der Waals surface area (Å²) in [7, 11) is 2.82. The molecule has 0 saturated carbocycles. The van der Waals surface area contributed by atoms with Crippen LogP contribution in [-0.2, 0) is 18.9 Å². The highest BCUT2D eigenvalue weighted by atomic mass is 32.2. The lowest BCUT2D eigenvalue weighted by Crippen LogP contribution is -2.39.